The number of rotatable bonds is 6. The van der Waals surface area contributed by atoms with Crippen molar-refractivity contribution >= 4 is 17.8 Å². The molecule has 0 aliphatic rings. The Bertz CT molecular complexity index is 335. The molecule has 0 aliphatic heterocycles. The molecule has 1 N–H and O–H groups in total. The molecular weight excluding hydrogens is 238 g/mol. The van der Waals surface area contributed by atoms with Crippen LogP contribution in [-0.4, -0.2) is 37.6 Å². The maximum Gasteiger partial charge on any atom is 0.331 e. The summed E-state index contributed by atoms with van der Waals surface area (Å²) < 4.78 is 9.15. The van der Waals surface area contributed by atoms with Gasteiger partial charge in [0.2, 0.25) is 5.91 Å². The predicted octanol–water partition coefficient (Wildman–Crippen LogP) is 0.419. The molecule has 0 rings (SSSR count). The van der Waals surface area contributed by atoms with Crippen LogP contribution in [0.1, 0.15) is 20.8 Å². The van der Waals surface area contributed by atoms with Gasteiger partial charge in [0, 0.05) is 18.1 Å². The van der Waals surface area contributed by atoms with Crippen LogP contribution in [0.4, 0.5) is 0 Å². The van der Waals surface area contributed by atoms with Gasteiger partial charge in [-0.3, -0.25) is 4.79 Å². The van der Waals surface area contributed by atoms with Crippen LogP contribution in [0.5, 0.6) is 0 Å². The van der Waals surface area contributed by atoms with Crippen LogP contribution in [0, 0.1) is 5.92 Å². The smallest absolute Gasteiger partial charge is 0.331 e. The van der Waals surface area contributed by atoms with Gasteiger partial charge in [-0.2, -0.15) is 0 Å². The maximum atomic E-state index is 11.3. The highest BCUT2D eigenvalue weighted by Gasteiger charge is 2.11. The van der Waals surface area contributed by atoms with Crippen molar-refractivity contribution in [2.45, 2.75) is 26.8 Å². The Kier molecular flexibility index (Phi) is 7.42. The number of carbonyl (C=O) groups excluding carboxylic acids is 3. The molecule has 0 saturated heterocycles. The number of hydrogen-bond acceptors (Lipinski definition) is 5. The van der Waals surface area contributed by atoms with E-state index >= 15 is 0 Å². The topological polar surface area (TPSA) is 81.7 Å². The molecule has 0 fully saturated rings. The largest absolute Gasteiger partial charge is 0.466 e. The number of carbonyl (C=O) groups is 3. The Morgan fingerprint density at radius 3 is 2.17 bits per heavy atom. The zero-order chi connectivity index (χ0) is 14.1. The van der Waals surface area contributed by atoms with Crippen LogP contribution in [0.3, 0.4) is 0 Å². The first kappa shape index (κ1) is 16.1. The van der Waals surface area contributed by atoms with E-state index in [0.717, 1.165) is 12.2 Å². The maximum absolute atomic E-state index is 11.3. The van der Waals surface area contributed by atoms with Crippen molar-refractivity contribution in [3.63, 3.8) is 0 Å². The summed E-state index contributed by atoms with van der Waals surface area (Å²) in [7, 11) is 1.21. The van der Waals surface area contributed by atoms with Crippen molar-refractivity contribution < 1.29 is 23.9 Å². The Balaban J connectivity index is 3.95. The number of ether oxygens (including phenoxy) is 2. The number of hydrogen-bond donors (Lipinski definition) is 1. The fourth-order valence-corrected chi connectivity index (χ4v) is 0.911. The van der Waals surface area contributed by atoms with Gasteiger partial charge in [0.05, 0.1) is 13.2 Å². The molecule has 1 atom stereocenters. The Morgan fingerprint density at radius 1 is 1.11 bits per heavy atom. The molecule has 1 amide bonds. The minimum atomic E-state index is -0.661. The van der Waals surface area contributed by atoms with Gasteiger partial charge in [-0.05, 0) is 6.92 Å². The molecule has 6 heteroatoms. The number of esters is 2. The fraction of sp³-hybridized carbons (Fsp3) is 0.583. The molecule has 0 spiro atoms. The SMILES string of the molecule is COC(=O)/C=C/C(=O)OC[C@H](C)NC(=O)C(C)C. The third-order valence-corrected chi connectivity index (χ3v) is 1.95. The van der Waals surface area contributed by atoms with Gasteiger partial charge in [-0.15, -0.1) is 0 Å². The lowest BCUT2D eigenvalue weighted by molar-refractivity contribution is -0.140. The van der Waals surface area contributed by atoms with Crippen molar-refractivity contribution in [1.82, 2.24) is 5.32 Å². The summed E-state index contributed by atoms with van der Waals surface area (Å²) in [6.45, 7) is 5.31. The van der Waals surface area contributed by atoms with Gasteiger partial charge >= 0.3 is 11.9 Å². The standard InChI is InChI=1S/C12H19NO5/c1-8(2)12(16)13-9(3)7-18-11(15)6-5-10(14)17-4/h5-6,8-9H,7H2,1-4H3,(H,13,16)/b6-5+/t9-/m0/s1. The van der Waals surface area contributed by atoms with E-state index in [1.807, 2.05) is 0 Å². The normalized spacial score (nSPS) is 12.3. The zero-order valence-electron chi connectivity index (χ0n) is 11.1. The summed E-state index contributed by atoms with van der Waals surface area (Å²) in [6.07, 6.45) is 1.95. The second-order valence-corrected chi connectivity index (χ2v) is 4.05. The van der Waals surface area contributed by atoms with Crippen LogP contribution in [-0.2, 0) is 23.9 Å². The lowest BCUT2D eigenvalue weighted by Gasteiger charge is -2.15. The third-order valence-electron chi connectivity index (χ3n) is 1.95. The van der Waals surface area contributed by atoms with Gasteiger partial charge < -0.3 is 14.8 Å². The van der Waals surface area contributed by atoms with E-state index in [9.17, 15) is 14.4 Å². The van der Waals surface area contributed by atoms with E-state index in [0.29, 0.717) is 0 Å². The number of nitrogens with one attached hydrogen (secondary N) is 1. The van der Waals surface area contributed by atoms with Gasteiger partial charge in [0.1, 0.15) is 6.61 Å². The van der Waals surface area contributed by atoms with Crippen molar-refractivity contribution in [1.29, 1.82) is 0 Å². The third kappa shape index (κ3) is 7.43. The molecule has 0 heterocycles. The second-order valence-electron chi connectivity index (χ2n) is 4.05. The first-order valence-corrected chi connectivity index (χ1v) is 5.60. The highest BCUT2D eigenvalue weighted by molar-refractivity contribution is 5.91. The molecule has 0 aromatic heterocycles. The van der Waals surface area contributed by atoms with E-state index in [4.69, 9.17) is 4.74 Å². The second kappa shape index (κ2) is 8.27. The van der Waals surface area contributed by atoms with Crippen LogP contribution in [0.15, 0.2) is 12.2 Å². The molecule has 18 heavy (non-hydrogen) atoms. The molecular formula is C12H19NO5. The van der Waals surface area contributed by atoms with E-state index in [1.165, 1.54) is 7.11 Å². The first-order valence-electron chi connectivity index (χ1n) is 5.60. The van der Waals surface area contributed by atoms with Crippen LogP contribution in [0.25, 0.3) is 0 Å². The van der Waals surface area contributed by atoms with Gasteiger partial charge in [-0.25, -0.2) is 9.59 Å². The highest BCUT2D eigenvalue weighted by atomic mass is 16.5. The average Bonchev–Trinajstić information content (AvgIpc) is 2.32. The first-order chi connectivity index (χ1) is 8.36. The predicted molar refractivity (Wildman–Crippen MR) is 64.6 cm³/mol. The molecule has 0 radical (unpaired) electrons. The average molecular weight is 257 g/mol. The quantitative estimate of drug-likeness (QED) is 0.551. The Morgan fingerprint density at radius 2 is 1.67 bits per heavy atom. The summed E-state index contributed by atoms with van der Waals surface area (Å²) in [5.41, 5.74) is 0. The minimum Gasteiger partial charge on any atom is -0.466 e. The number of amides is 1. The summed E-state index contributed by atoms with van der Waals surface area (Å²) in [4.78, 5) is 33.2. The van der Waals surface area contributed by atoms with E-state index in [2.05, 4.69) is 10.1 Å². The molecule has 0 aromatic rings. The highest BCUT2D eigenvalue weighted by Crippen LogP contribution is 1.94. The lowest BCUT2D eigenvalue weighted by Crippen LogP contribution is -2.38. The van der Waals surface area contributed by atoms with Crippen molar-refractivity contribution in [3.8, 4) is 0 Å². The summed E-state index contributed by atoms with van der Waals surface area (Å²) in [5.74, 6) is -1.52. The minimum absolute atomic E-state index is 0.0445. The van der Waals surface area contributed by atoms with Gasteiger partial charge in [0.25, 0.3) is 0 Å². The monoisotopic (exact) mass is 257 g/mol. The van der Waals surface area contributed by atoms with Crippen molar-refractivity contribution in [2.24, 2.45) is 5.92 Å². The fourth-order valence-electron chi connectivity index (χ4n) is 0.911. The molecule has 0 unspecified atom stereocenters. The van der Waals surface area contributed by atoms with E-state index in [-0.39, 0.29) is 24.5 Å². The van der Waals surface area contributed by atoms with Crippen LogP contribution < -0.4 is 5.32 Å². The Hall–Kier alpha value is -1.85. The summed E-state index contributed by atoms with van der Waals surface area (Å²) >= 11 is 0. The Labute approximate surface area is 106 Å². The summed E-state index contributed by atoms with van der Waals surface area (Å²) in [6, 6.07) is -0.282. The molecule has 6 nitrogen and oxygen atoms in total. The zero-order valence-corrected chi connectivity index (χ0v) is 11.1. The van der Waals surface area contributed by atoms with E-state index in [1.54, 1.807) is 20.8 Å². The van der Waals surface area contributed by atoms with Crippen LogP contribution in [0.2, 0.25) is 0 Å². The molecule has 0 aromatic carbocycles. The molecule has 0 bridgehead atoms. The van der Waals surface area contributed by atoms with Gasteiger partial charge in [-0.1, -0.05) is 13.8 Å². The molecule has 0 aliphatic carbocycles. The van der Waals surface area contributed by atoms with Crippen LogP contribution >= 0.6 is 0 Å². The van der Waals surface area contributed by atoms with Crippen molar-refractivity contribution in [2.75, 3.05) is 13.7 Å². The molecule has 102 valence electrons. The summed E-state index contributed by atoms with van der Waals surface area (Å²) in [5, 5.41) is 2.68. The van der Waals surface area contributed by atoms with Gasteiger partial charge in [0.15, 0.2) is 0 Å². The number of methoxy groups -OCH3 is 1. The lowest BCUT2D eigenvalue weighted by atomic mass is 10.2. The van der Waals surface area contributed by atoms with Crippen molar-refractivity contribution in [3.05, 3.63) is 12.2 Å². The van der Waals surface area contributed by atoms with E-state index < -0.39 is 11.9 Å². The molecule has 0 saturated carbocycles.